The molecule has 84 valence electrons. The summed E-state index contributed by atoms with van der Waals surface area (Å²) in [5, 5.41) is 0. The van der Waals surface area contributed by atoms with Gasteiger partial charge in [0.05, 0.1) is 5.56 Å². The predicted octanol–water partition coefficient (Wildman–Crippen LogP) is 1.81. The van der Waals surface area contributed by atoms with E-state index in [1.54, 1.807) is 4.90 Å². The standard InChI is InChI=1S/C12H13FN2O/c13-11-8-9(14)4-5-10(11)12(16)15-6-2-1-3-7-15/h1-2,4-5,8H,3,6-7,14H2. The summed E-state index contributed by atoms with van der Waals surface area (Å²) in [6.07, 6.45) is 4.75. The summed E-state index contributed by atoms with van der Waals surface area (Å²) >= 11 is 0. The number of halogens is 1. The quantitative estimate of drug-likeness (QED) is 0.579. The largest absolute Gasteiger partial charge is 0.399 e. The van der Waals surface area contributed by atoms with Gasteiger partial charge in [0.2, 0.25) is 0 Å². The topological polar surface area (TPSA) is 46.3 Å². The average molecular weight is 220 g/mol. The number of anilines is 1. The lowest BCUT2D eigenvalue weighted by Crippen LogP contribution is -2.34. The molecule has 0 aliphatic carbocycles. The van der Waals surface area contributed by atoms with Gasteiger partial charge in [-0.1, -0.05) is 12.2 Å². The van der Waals surface area contributed by atoms with Crippen LogP contribution in [0.25, 0.3) is 0 Å². The minimum absolute atomic E-state index is 0.0875. The fourth-order valence-electron chi connectivity index (χ4n) is 1.70. The highest BCUT2D eigenvalue weighted by Gasteiger charge is 2.19. The number of nitrogen functional groups attached to an aromatic ring is 1. The average Bonchev–Trinajstić information content (AvgIpc) is 2.29. The highest BCUT2D eigenvalue weighted by atomic mass is 19.1. The van der Waals surface area contributed by atoms with E-state index in [9.17, 15) is 9.18 Å². The molecule has 0 atom stereocenters. The molecule has 2 N–H and O–H groups in total. The molecule has 2 rings (SSSR count). The van der Waals surface area contributed by atoms with Crippen LogP contribution in [0.3, 0.4) is 0 Å². The molecule has 1 aliphatic heterocycles. The van der Waals surface area contributed by atoms with E-state index in [0.717, 1.165) is 6.42 Å². The summed E-state index contributed by atoms with van der Waals surface area (Å²) < 4.78 is 13.5. The molecular formula is C12H13FN2O. The van der Waals surface area contributed by atoms with Gasteiger partial charge in [-0.15, -0.1) is 0 Å². The van der Waals surface area contributed by atoms with Crippen LogP contribution in [0.2, 0.25) is 0 Å². The first-order chi connectivity index (χ1) is 7.68. The molecule has 4 heteroatoms. The minimum Gasteiger partial charge on any atom is -0.399 e. The Bertz CT molecular complexity index is 443. The van der Waals surface area contributed by atoms with E-state index >= 15 is 0 Å². The van der Waals surface area contributed by atoms with Crippen molar-refractivity contribution in [2.24, 2.45) is 0 Å². The normalized spacial score (nSPS) is 15.2. The molecule has 1 amide bonds. The molecule has 0 spiro atoms. The van der Waals surface area contributed by atoms with Gasteiger partial charge in [-0.2, -0.15) is 0 Å². The van der Waals surface area contributed by atoms with Gasteiger partial charge in [-0.25, -0.2) is 4.39 Å². The maximum absolute atomic E-state index is 13.5. The van der Waals surface area contributed by atoms with Crippen molar-refractivity contribution in [3.05, 3.63) is 41.7 Å². The Hall–Kier alpha value is -1.84. The van der Waals surface area contributed by atoms with Crippen LogP contribution in [0, 0.1) is 5.82 Å². The number of hydrogen-bond acceptors (Lipinski definition) is 2. The fraction of sp³-hybridized carbons (Fsp3) is 0.250. The van der Waals surface area contributed by atoms with Gasteiger partial charge in [-0.3, -0.25) is 4.79 Å². The van der Waals surface area contributed by atoms with Gasteiger partial charge in [0, 0.05) is 18.8 Å². The number of rotatable bonds is 1. The first-order valence-corrected chi connectivity index (χ1v) is 5.18. The van der Waals surface area contributed by atoms with Crippen molar-refractivity contribution in [3.63, 3.8) is 0 Å². The summed E-state index contributed by atoms with van der Waals surface area (Å²) in [6.45, 7) is 1.18. The van der Waals surface area contributed by atoms with E-state index in [1.165, 1.54) is 18.2 Å². The van der Waals surface area contributed by atoms with Gasteiger partial charge in [-0.05, 0) is 24.6 Å². The summed E-state index contributed by atoms with van der Waals surface area (Å²) in [5.41, 5.74) is 5.84. The number of nitrogens with two attached hydrogens (primary N) is 1. The first kappa shape index (κ1) is 10.7. The Labute approximate surface area is 93.4 Å². The lowest BCUT2D eigenvalue weighted by atomic mass is 10.1. The molecule has 0 aromatic heterocycles. The second kappa shape index (κ2) is 4.35. The number of hydrogen-bond donors (Lipinski definition) is 1. The number of benzene rings is 1. The van der Waals surface area contributed by atoms with Crippen LogP contribution in [0.5, 0.6) is 0 Å². The summed E-state index contributed by atoms with van der Waals surface area (Å²) in [4.78, 5) is 13.6. The molecule has 16 heavy (non-hydrogen) atoms. The SMILES string of the molecule is Nc1ccc(C(=O)N2CC=CCC2)c(F)c1. The monoisotopic (exact) mass is 220 g/mol. The zero-order chi connectivity index (χ0) is 11.5. The number of carbonyl (C=O) groups excluding carboxylic acids is 1. The van der Waals surface area contributed by atoms with Gasteiger partial charge in [0.1, 0.15) is 5.82 Å². The Morgan fingerprint density at radius 1 is 1.38 bits per heavy atom. The van der Waals surface area contributed by atoms with E-state index in [4.69, 9.17) is 5.73 Å². The predicted molar refractivity (Wildman–Crippen MR) is 60.5 cm³/mol. The van der Waals surface area contributed by atoms with Crippen molar-refractivity contribution in [2.75, 3.05) is 18.8 Å². The van der Waals surface area contributed by atoms with Crippen LogP contribution < -0.4 is 5.73 Å². The smallest absolute Gasteiger partial charge is 0.257 e. The van der Waals surface area contributed by atoms with Gasteiger partial charge >= 0.3 is 0 Å². The maximum Gasteiger partial charge on any atom is 0.257 e. The minimum atomic E-state index is -0.556. The molecule has 0 unspecified atom stereocenters. The van der Waals surface area contributed by atoms with E-state index in [2.05, 4.69) is 0 Å². The second-order valence-corrected chi connectivity index (χ2v) is 3.75. The van der Waals surface area contributed by atoms with E-state index in [-0.39, 0.29) is 11.5 Å². The highest BCUT2D eigenvalue weighted by Crippen LogP contribution is 2.15. The van der Waals surface area contributed by atoms with Crippen molar-refractivity contribution in [3.8, 4) is 0 Å². The third-order valence-electron chi connectivity index (χ3n) is 2.57. The van der Waals surface area contributed by atoms with Crippen molar-refractivity contribution in [1.82, 2.24) is 4.90 Å². The van der Waals surface area contributed by atoms with Crippen molar-refractivity contribution < 1.29 is 9.18 Å². The third-order valence-corrected chi connectivity index (χ3v) is 2.57. The molecule has 0 saturated carbocycles. The summed E-state index contributed by atoms with van der Waals surface area (Å²) in [7, 11) is 0. The number of nitrogens with zero attached hydrogens (tertiary/aromatic N) is 1. The molecule has 1 aromatic rings. The van der Waals surface area contributed by atoms with Gasteiger partial charge in [0.25, 0.3) is 5.91 Å². The Balaban J connectivity index is 2.23. The summed E-state index contributed by atoms with van der Waals surface area (Å²) in [5.74, 6) is -0.832. The second-order valence-electron chi connectivity index (χ2n) is 3.75. The first-order valence-electron chi connectivity index (χ1n) is 5.18. The lowest BCUT2D eigenvalue weighted by Gasteiger charge is -2.23. The zero-order valence-corrected chi connectivity index (χ0v) is 8.82. The van der Waals surface area contributed by atoms with Gasteiger partial charge in [0.15, 0.2) is 0 Å². The molecule has 1 heterocycles. The Kier molecular flexibility index (Phi) is 2.90. The van der Waals surface area contributed by atoms with Crippen LogP contribution in [-0.2, 0) is 0 Å². The highest BCUT2D eigenvalue weighted by molar-refractivity contribution is 5.95. The molecule has 0 fully saturated rings. The van der Waals surface area contributed by atoms with E-state index in [0.29, 0.717) is 18.8 Å². The Morgan fingerprint density at radius 2 is 2.19 bits per heavy atom. The molecule has 1 aliphatic rings. The van der Waals surface area contributed by atoms with Crippen LogP contribution in [0.1, 0.15) is 16.8 Å². The molecule has 0 bridgehead atoms. The summed E-state index contributed by atoms with van der Waals surface area (Å²) in [6, 6.07) is 4.15. The van der Waals surface area contributed by atoms with E-state index < -0.39 is 5.82 Å². The van der Waals surface area contributed by atoms with E-state index in [1.807, 2.05) is 12.2 Å². The number of amides is 1. The van der Waals surface area contributed by atoms with Crippen LogP contribution in [-0.4, -0.2) is 23.9 Å². The molecule has 3 nitrogen and oxygen atoms in total. The lowest BCUT2D eigenvalue weighted by molar-refractivity contribution is 0.0766. The maximum atomic E-state index is 13.5. The Morgan fingerprint density at radius 3 is 2.81 bits per heavy atom. The van der Waals surface area contributed by atoms with Crippen LogP contribution in [0.15, 0.2) is 30.4 Å². The van der Waals surface area contributed by atoms with Crippen LogP contribution >= 0.6 is 0 Å². The molecule has 0 radical (unpaired) electrons. The third kappa shape index (κ3) is 2.05. The molecule has 0 saturated heterocycles. The van der Waals surface area contributed by atoms with Crippen molar-refractivity contribution >= 4 is 11.6 Å². The van der Waals surface area contributed by atoms with Crippen molar-refractivity contribution in [1.29, 1.82) is 0 Å². The van der Waals surface area contributed by atoms with Crippen LogP contribution in [0.4, 0.5) is 10.1 Å². The fourth-order valence-corrected chi connectivity index (χ4v) is 1.70. The zero-order valence-electron chi connectivity index (χ0n) is 8.82. The van der Waals surface area contributed by atoms with Gasteiger partial charge < -0.3 is 10.6 Å². The molecule has 1 aromatic carbocycles. The molecular weight excluding hydrogens is 207 g/mol. The number of carbonyl (C=O) groups is 1. The van der Waals surface area contributed by atoms with Crippen molar-refractivity contribution in [2.45, 2.75) is 6.42 Å².